The molecule has 1 atom stereocenters. The third-order valence-corrected chi connectivity index (χ3v) is 11.8. The highest BCUT2D eigenvalue weighted by Crippen LogP contribution is 2.16. The normalized spacial score (nSPS) is 12.5. The predicted molar refractivity (Wildman–Crippen MR) is 275 cm³/mol. The summed E-state index contributed by atoms with van der Waals surface area (Å²) in [5, 5.41) is 0. The Bertz CT molecular complexity index is 1170. The first kappa shape index (κ1) is 61.1. The molecular weight excluding hydrogens is 793 g/mol. The van der Waals surface area contributed by atoms with Crippen LogP contribution in [0.3, 0.4) is 0 Å². The van der Waals surface area contributed by atoms with Crippen LogP contribution in [0.2, 0.25) is 0 Å². The topological polar surface area (TPSA) is 78.9 Å². The maximum absolute atomic E-state index is 12.8. The van der Waals surface area contributed by atoms with Crippen LogP contribution in [0.4, 0.5) is 0 Å². The van der Waals surface area contributed by atoms with Gasteiger partial charge in [0, 0.05) is 19.3 Å². The lowest BCUT2D eigenvalue weighted by atomic mass is 10.0. The molecular formula is C58H102O6. The van der Waals surface area contributed by atoms with Gasteiger partial charge in [-0.3, -0.25) is 14.4 Å². The molecule has 0 heterocycles. The summed E-state index contributed by atoms with van der Waals surface area (Å²) in [6, 6.07) is 0. The van der Waals surface area contributed by atoms with Crippen molar-refractivity contribution in [3.63, 3.8) is 0 Å². The van der Waals surface area contributed by atoms with Crippen LogP contribution in [0.25, 0.3) is 0 Å². The van der Waals surface area contributed by atoms with Crippen molar-refractivity contribution >= 4 is 17.9 Å². The molecule has 0 aliphatic heterocycles. The van der Waals surface area contributed by atoms with Crippen molar-refractivity contribution in [3.05, 3.63) is 60.8 Å². The monoisotopic (exact) mass is 895 g/mol. The molecule has 6 nitrogen and oxygen atoms in total. The van der Waals surface area contributed by atoms with Gasteiger partial charge in [0.15, 0.2) is 6.10 Å². The number of hydrogen-bond acceptors (Lipinski definition) is 6. The second-order valence-corrected chi connectivity index (χ2v) is 18.1. The average molecular weight is 895 g/mol. The Morgan fingerprint density at radius 2 is 0.609 bits per heavy atom. The van der Waals surface area contributed by atoms with E-state index < -0.39 is 6.10 Å². The van der Waals surface area contributed by atoms with Gasteiger partial charge in [-0.25, -0.2) is 0 Å². The first-order valence-electron chi connectivity index (χ1n) is 27.3. The fourth-order valence-electron chi connectivity index (χ4n) is 7.71. The van der Waals surface area contributed by atoms with Gasteiger partial charge in [-0.15, -0.1) is 0 Å². The van der Waals surface area contributed by atoms with E-state index in [1.165, 1.54) is 148 Å². The van der Waals surface area contributed by atoms with Crippen LogP contribution in [-0.2, 0) is 28.6 Å². The minimum Gasteiger partial charge on any atom is -0.462 e. The van der Waals surface area contributed by atoms with E-state index in [0.717, 1.165) is 77.0 Å². The van der Waals surface area contributed by atoms with Gasteiger partial charge in [0.05, 0.1) is 0 Å². The Balaban J connectivity index is 4.44. The Hall–Kier alpha value is -2.89. The fraction of sp³-hybridized carbons (Fsp3) is 0.776. The summed E-state index contributed by atoms with van der Waals surface area (Å²) in [5.41, 5.74) is 0. The Kier molecular flexibility index (Phi) is 50.4. The van der Waals surface area contributed by atoms with Gasteiger partial charge in [0.1, 0.15) is 13.2 Å². The smallest absolute Gasteiger partial charge is 0.306 e. The van der Waals surface area contributed by atoms with Crippen molar-refractivity contribution in [2.24, 2.45) is 0 Å². The van der Waals surface area contributed by atoms with Gasteiger partial charge in [-0.1, -0.05) is 255 Å². The summed E-state index contributed by atoms with van der Waals surface area (Å²) in [5.74, 6) is -0.938. The van der Waals surface area contributed by atoms with Gasteiger partial charge in [0.2, 0.25) is 0 Å². The van der Waals surface area contributed by atoms with Crippen LogP contribution < -0.4 is 0 Å². The number of rotatable bonds is 49. The Labute approximate surface area is 396 Å². The molecule has 0 aromatic heterocycles. The Morgan fingerprint density at radius 1 is 0.328 bits per heavy atom. The van der Waals surface area contributed by atoms with Gasteiger partial charge >= 0.3 is 17.9 Å². The molecule has 0 aliphatic carbocycles. The molecule has 0 saturated carbocycles. The van der Waals surface area contributed by atoms with E-state index >= 15 is 0 Å². The molecule has 1 unspecified atom stereocenters. The van der Waals surface area contributed by atoms with Crippen molar-refractivity contribution in [2.75, 3.05) is 13.2 Å². The van der Waals surface area contributed by atoms with Crippen LogP contribution in [0.5, 0.6) is 0 Å². The van der Waals surface area contributed by atoms with Crippen molar-refractivity contribution < 1.29 is 28.6 Å². The quantitative estimate of drug-likeness (QED) is 0.0262. The highest BCUT2D eigenvalue weighted by molar-refractivity contribution is 5.71. The van der Waals surface area contributed by atoms with E-state index in [-0.39, 0.29) is 37.5 Å². The first-order valence-corrected chi connectivity index (χ1v) is 27.3. The molecule has 0 radical (unpaired) electrons. The lowest BCUT2D eigenvalue weighted by molar-refractivity contribution is -0.167. The van der Waals surface area contributed by atoms with Gasteiger partial charge in [-0.2, -0.15) is 0 Å². The summed E-state index contributed by atoms with van der Waals surface area (Å²) in [6.45, 7) is 6.50. The largest absolute Gasteiger partial charge is 0.462 e. The van der Waals surface area contributed by atoms with Gasteiger partial charge < -0.3 is 14.2 Å². The molecule has 0 rings (SSSR count). The van der Waals surface area contributed by atoms with Gasteiger partial charge in [0.25, 0.3) is 0 Å². The third kappa shape index (κ3) is 50.1. The molecule has 0 aromatic rings. The second kappa shape index (κ2) is 52.7. The lowest BCUT2D eigenvalue weighted by Crippen LogP contribution is -2.30. The number of carbonyl (C=O) groups is 3. The summed E-state index contributed by atoms with van der Waals surface area (Å²) in [7, 11) is 0. The van der Waals surface area contributed by atoms with E-state index in [0.29, 0.717) is 19.3 Å². The van der Waals surface area contributed by atoms with Crippen LogP contribution in [0.1, 0.15) is 271 Å². The maximum atomic E-state index is 12.8. The SMILES string of the molecule is CC/C=C\C/C=C\C/C=C\C/C=C\C/C=C\CCCC(=O)OCC(COC(=O)CCCCCCCCCCCCCCC)OC(=O)CCCCCCCCCCCCCCCCCC. The van der Waals surface area contributed by atoms with E-state index in [4.69, 9.17) is 14.2 Å². The zero-order valence-electron chi connectivity index (χ0n) is 42.3. The molecule has 0 N–H and O–H groups in total. The number of carbonyl (C=O) groups excluding carboxylic acids is 3. The number of allylic oxidation sites excluding steroid dienone is 10. The predicted octanol–water partition coefficient (Wildman–Crippen LogP) is 18.0. The number of esters is 3. The van der Waals surface area contributed by atoms with Gasteiger partial charge in [-0.05, 0) is 57.8 Å². The lowest BCUT2D eigenvalue weighted by Gasteiger charge is -2.18. The van der Waals surface area contributed by atoms with Crippen LogP contribution >= 0.6 is 0 Å². The van der Waals surface area contributed by atoms with Crippen molar-refractivity contribution in [2.45, 2.75) is 277 Å². The zero-order valence-corrected chi connectivity index (χ0v) is 42.3. The van der Waals surface area contributed by atoms with E-state index in [1.54, 1.807) is 0 Å². The number of hydrogen-bond donors (Lipinski definition) is 0. The zero-order chi connectivity index (χ0) is 46.5. The molecule has 0 amide bonds. The summed E-state index contributed by atoms with van der Waals surface area (Å²) in [4.78, 5) is 38.0. The minimum absolute atomic E-state index is 0.0880. The molecule has 370 valence electrons. The van der Waals surface area contributed by atoms with Crippen molar-refractivity contribution in [3.8, 4) is 0 Å². The van der Waals surface area contributed by atoms with Crippen molar-refractivity contribution in [1.82, 2.24) is 0 Å². The van der Waals surface area contributed by atoms with E-state index in [2.05, 4.69) is 81.5 Å². The fourth-order valence-corrected chi connectivity index (χ4v) is 7.71. The first-order chi connectivity index (χ1) is 31.5. The highest BCUT2D eigenvalue weighted by Gasteiger charge is 2.19. The highest BCUT2D eigenvalue weighted by atomic mass is 16.6. The molecule has 0 fully saturated rings. The van der Waals surface area contributed by atoms with E-state index in [9.17, 15) is 14.4 Å². The van der Waals surface area contributed by atoms with Crippen LogP contribution in [0.15, 0.2) is 60.8 Å². The molecule has 64 heavy (non-hydrogen) atoms. The minimum atomic E-state index is -0.793. The molecule has 0 saturated heterocycles. The average Bonchev–Trinajstić information content (AvgIpc) is 3.29. The number of unbranched alkanes of at least 4 members (excludes halogenated alkanes) is 28. The summed E-state index contributed by atoms with van der Waals surface area (Å²) < 4.78 is 16.8. The molecule has 0 bridgehead atoms. The second-order valence-electron chi connectivity index (χ2n) is 18.1. The molecule has 0 spiro atoms. The van der Waals surface area contributed by atoms with Crippen LogP contribution in [0, 0.1) is 0 Å². The number of ether oxygens (including phenoxy) is 3. The van der Waals surface area contributed by atoms with Crippen molar-refractivity contribution in [1.29, 1.82) is 0 Å². The summed E-state index contributed by atoms with van der Waals surface area (Å²) in [6.07, 6.45) is 65.0. The van der Waals surface area contributed by atoms with Crippen LogP contribution in [-0.4, -0.2) is 37.2 Å². The molecule has 0 aliphatic rings. The molecule has 6 heteroatoms. The third-order valence-electron chi connectivity index (χ3n) is 11.8. The standard InChI is InChI=1S/C58H102O6/c1-4-7-10-13-16-19-22-25-27-29-31-33-36-39-42-45-48-51-57(60)63-54-55(53-62-56(59)50-47-44-41-38-35-32-24-21-18-15-12-9-6-3)64-58(61)52-49-46-43-40-37-34-30-28-26-23-20-17-14-11-8-5-2/h7,10,16,19,25,27,31,33,39,42,55H,4-6,8-9,11-15,17-18,20-24,26,28-30,32,34-38,40-41,43-54H2,1-3H3/b10-7-,19-16-,27-25-,33-31-,42-39-. The Morgan fingerprint density at radius 3 is 0.953 bits per heavy atom. The molecule has 0 aromatic carbocycles. The van der Waals surface area contributed by atoms with E-state index in [1.807, 2.05) is 0 Å². The maximum Gasteiger partial charge on any atom is 0.306 e. The summed E-state index contributed by atoms with van der Waals surface area (Å²) >= 11 is 0.